The van der Waals surface area contributed by atoms with Crippen LogP contribution >= 0.6 is 0 Å². The van der Waals surface area contributed by atoms with E-state index < -0.39 is 11.5 Å². The van der Waals surface area contributed by atoms with Crippen molar-refractivity contribution in [2.45, 2.75) is 20.0 Å². The number of nitrogens with one attached hydrogen (secondary N) is 1. The van der Waals surface area contributed by atoms with Crippen LogP contribution in [0, 0.1) is 6.92 Å². The number of hydrogen-bond donors (Lipinski definition) is 2. The highest BCUT2D eigenvalue weighted by Crippen LogP contribution is 2.18. The first kappa shape index (κ1) is 16.9. The van der Waals surface area contributed by atoms with E-state index in [0.29, 0.717) is 24.1 Å². The molecule has 3 rings (SSSR count). The van der Waals surface area contributed by atoms with Crippen LogP contribution in [0.5, 0.6) is 0 Å². The fourth-order valence-electron chi connectivity index (χ4n) is 2.79. The average Bonchev–Trinajstić information content (AvgIpc) is 2.62. The Morgan fingerprint density at radius 1 is 1.08 bits per heavy atom. The van der Waals surface area contributed by atoms with Gasteiger partial charge in [0.25, 0.3) is 5.91 Å². The molecule has 2 N–H and O–H groups in total. The van der Waals surface area contributed by atoms with Crippen LogP contribution in [-0.2, 0) is 13.0 Å². The van der Waals surface area contributed by atoms with Crippen LogP contribution < -0.4 is 10.9 Å². The summed E-state index contributed by atoms with van der Waals surface area (Å²) in [5.41, 5.74) is 2.41. The highest BCUT2D eigenvalue weighted by atomic mass is 16.4. The van der Waals surface area contributed by atoms with Gasteiger partial charge in [-0.1, -0.05) is 42.5 Å². The zero-order chi connectivity index (χ0) is 17.8. The summed E-state index contributed by atoms with van der Waals surface area (Å²) in [6, 6.07) is 14.7. The van der Waals surface area contributed by atoms with Gasteiger partial charge in [0.15, 0.2) is 0 Å². The number of benzene rings is 2. The van der Waals surface area contributed by atoms with E-state index in [1.54, 1.807) is 19.1 Å². The molecule has 0 fully saturated rings. The summed E-state index contributed by atoms with van der Waals surface area (Å²) in [5.74, 6) is -0.427. The number of hydrogen-bond acceptors (Lipinski definition) is 4. The van der Waals surface area contributed by atoms with E-state index in [4.69, 9.17) is 9.52 Å². The Balaban J connectivity index is 1.73. The second kappa shape index (κ2) is 7.32. The Bertz CT molecular complexity index is 958. The van der Waals surface area contributed by atoms with Crippen molar-refractivity contribution in [2.24, 2.45) is 0 Å². The van der Waals surface area contributed by atoms with Crippen molar-refractivity contribution in [3.63, 3.8) is 0 Å². The first-order valence-electron chi connectivity index (χ1n) is 8.09. The van der Waals surface area contributed by atoms with Gasteiger partial charge in [-0.05, 0) is 36.1 Å². The molecule has 0 aliphatic carbocycles. The van der Waals surface area contributed by atoms with Crippen LogP contribution in [0.4, 0.5) is 0 Å². The van der Waals surface area contributed by atoms with Crippen molar-refractivity contribution in [2.75, 3.05) is 6.54 Å². The monoisotopic (exact) mass is 337 g/mol. The molecule has 2 aromatic carbocycles. The predicted octanol–water partition coefficient (Wildman–Crippen LogP) is 2.57. The van der Waals surface area contributed by atoms with Gasteiger partial charge in [0, 0.05) is 11.9 Å². The molecule has 25 heavy (non-hydrogen) atoms. The molecule has 3 aromatic rings. The van der Waals surface area contributed by atoms with Gasteiger partial charge in [-0.25, -0.2) is 4.79 Å². The lowest BCUT2D eigenvalue weighted by Gasteiger charge is -2.09. The quantitative estimate of drug-likeness (QED) is 0.701. The fourth-order valence-corrected chi connectivity index (χ4v) is 2.79. The highest BCUT2D eigenvalue weighted by Gasteiger charge is 2.17. The molecule has 1 aromatic heterocycles. The maximum absolute atomic E-state index is 12.4. The molecule has 5 nitrogen and oxygen atoms in total. The lowest BCUT2D eigenvalue weighted by Crippen LogP contribution is -2.31. The minimum Gasteiger partial charge on any atom is -0.422 e. The van der Waals surface area contributed by atoms with E-state index in [1.807, 2.05) is 36.4 Å². The molecule has 5 heteroatoms. The normalized spacial score (nSPS) is 10.8. The smallest absolute Gasteiger partial charge is 0.349 e. The van der Waals surface area contributed by atoms with E-state index in [2.05, 4.69) is 5.32 Å². The van der Waals surface area contributed by atoms with Gasteiger partial charge in [0.05, 0.1) is 6.61 Å². The molecule has 1 heterocycles. The number of amides is 1. The molecular weight excluding hydrogens is 318 g/mol. The van der Waals surface area contributed by atoms with Gasteiger partial charge >= 0.3 is 5.63 Å². The van der Waals surface area contributed by atoms with Crippen LogP contribution in [0.3, 0.4) is 0 Å². The molecule has 0 saturated heterocycles. The molecule has 0 spiro atoms. The van der Waals surface area contributed by atoms with Crippen molar-refractivity contribution >= 4 is 16.9 Å². The van der Waals surface area contributed by atoms with Gasteiger partial charge in [-0.15, -0.1) is 0 Å². The number of carbonyl (C=O) groups is 1. The van der Waals surface area contributed by atoms with Crippen LogP contribution in [0.15, 0.2) is 57.7 Å². The molecule has 0 radical (unpaired) electrons. The van der Waals surface area contributed by atoms with Gasteiger partial charge in [0.1, 0.15) is 11.1 Å². The summed E-state index contributed by atoms with van der Waals surface area (Å²) in [6.07, 6.45) is 0.634. The lowest BCUT2D eigenvalue weighted by molar-refractivity contribution is 0.0950. The second-order valence-electron chi connectivity index (χ2n) is 5.87. The number of aryl methyl sites for hydroxylation is 1. The van der Waals surface area contributed by atoms with E-state index in [9.17, 15) is 9.59 Å². The molecule has 1 amide bonds. The van der Waals surface area contributed by atoms with Crippen molar-refractivity contribution in [1.82, 2.24) is 5.32 Å². The minimum atomic E-state index is -0.624. The van der Waals surface area contributed by atoms with Crippen LogP contribution in [0.1, 0.15) is 27.0 Å². The first-order valence-corrected chi connectivity index (χ1v) is 8.09. The fraction of sp³-hybridized carbons (Fsp3) is 0.200. The number of para-hydroxylation sites is 1. The maximum Gasteiger partial charge on any atom is 0.349 e. The Morgan fingerprint density at radius 2 is 1.76 bits per heavy atom. The third-order valence-corrected chi connectivity index (χ3v) is 4.20. The van der Waals surface area contributed by atoms with Gasteiger partial charge in [0.2, 0.25) is 0 Å². The summed E-state index contributed by atoms with van der Waals surface area (Å²) in [7, 11) is 0. The third-order valence-electron chi connectivity index (χ3n) is 4.20. The molecule has 0 unspecified atom stereocenters. The summed E-state index contributed by atoms with van der Waals surface area (Å²) < 4.78 is 5.24. The molecule has 0 saturated carbocycles. The van der Waals surface area contributed by atoms with Crippen molar-refractivity contribution in [3.8, 4) is 0 Å². The molecular formula is C20H19NO4. The lowest BCUT2D eigenvalue weighted by atomic mass is 10.1. The maximum atomic E-state index is 12.4. The van der Waals surface area contributed by atoms with Gasteiger partial charge < -0.3 is 14.8 Å². The van der Waals surface area contributed by atoms with E-state index in [1.165, 1.54) is 0 Å². The Labute approximate surface area is 144 Å². The Morgan fingerprint density at radius 3 is 2.48 bits per heavy atom. The Kier molecular flexibility index (Phi) is 4.95. The SMILES string of the molecule is Cc1c(C(=O)NCCc2ccc(CO)cc2)c(=O)oc2ccccc12. The average molecular weight is 337 g/mol. The molecule has 128 valence electrons. The van der Waals surface area contributed by atoms with Crippen LogP contribution in [0.25, 0.3) is 11.0 Å². The summed E-state index contributed by atoms with van der Waals surface area (Å²) in [6.45, 7) is 2.17. The molecule has 0 bridgehead atoms. The molecule has 0 aliphatic heterocycles. The topological polar surface area (TPSA) is 79.5 Å². The third kappa shape index (κ3) is 3.61. The van der Waals surface area contributed by atoms with Crippen molar-refractivity contribution in [1.29, 1.82) is 0 Å². The van der Waals surface area contributed by atoms with Crippen LogP contribution in [0.2, 0.25) is 0 Å². The van der Waals surface area contributed by atoms with Gasteiger partial charge in [-0.2, -0.15) is 0 Å². The van der Waals surface area contributed by atoms with E-state index >= 15 is 0 Å². The summed E-state index contributed by atoms with van der Waals surface area (Å²) in [5, 5.41) is 12.6. The highest BCUT2D eigenvalue weighted by molar-refractivity contribution is 5.99. The van der Waals surface area contributed by atoms with Crippen molar-refractivity contribution < 1.29 is 14.3 Å². The number of carbonyl (C=O) groups excluding carboxylic acids is 1. The Hall–Kier alpha value is -2.92. The summed E-state index contributed by atoms with van der Waals surface area (Å²) >= 11 is 0. The zero-order valence-electron chi connectivity index (χ0n) is 13.9. The standard InChI is InChI=1S/C20H19NO4/c1-13-16-4-2-3-5-17(16)25-20(24)18(13)19(23)21-11-10-14-6-8-15(12-22)9-7-14/h2-9,22H,10-12H2,1H3,(H,21,23). The zero-order valence-corrected chi connectivity index (χ0v) is 13.9. The predicted molar refractivity (Wildman–Crippen MR) is 95.6 cm³/mol. The number of aliphatic hydroxyl groups excluding tert-OH is 1. The van der Waals surface area contributed by atoms with E-state index in [-0.39, 0.29) is 12.2 Å². The number of aliphatic hydroxyl groups is 1. The molecule has 0 aliphatic rings. The number of fused-ring (bicyclic) bond motifs is 1. The van der Waals surface area contributed by atoms with Gasteiger partial charge in [-0.3, -0.25) is 4.79 Å². The van der Waals surface area contributed by atoms with E-state index in [0.717, 1.165) is 16.5 Å². The minimum absolute atomic E-state index is 0.00797. The van der Waals surface area contributed by atoms with Crippen LogP contribution in [-0.4, -0.2) is 17.6 Å². The summed E-state index contributed by atoms with van der Waals surface area (Å²) in [4.78, 5) is 24.6. The van der Waals surface area contributed by atoms with Crippen molar-refractivity contribution in [3.05, 3.63) is 81.2 Å². The number of rotatable bonds is 5. The second-order valence-corrected chi connectivity index (χ2v) is 5.87. The molecule has 0 atom stereocenters. The largest absolute Gasteiger partial charge is 0.422 e. The first-order chi connectivity index (χ1) is 12.1.